The standard InChI is InChI=1S/C25H30Cl2N2O2/c1-18(25(31)28-22-10-6-3-7-11-22)29(17-20-13-14-21(26)16-23(20)27)24(30)15-12-19-8-4-2-5-9-19/h2,4-5,8-9,13-14,16,18,22H,3,6-7,10-12,15,17H2,1H3,(H,28,31)/t18-/m1/s1. The molecule has 3 rings (SSSR count). The minimum Gasteiger partial charge on any atom is -0.352 e. The lowest BCUT2D eigenvalue weighted by atomic mass is 9.95. The molecule has 0 heterocycles. The molecule has 6 heteroatoms. The first-order chi connectivity index (χ1) is 14.9. The van der Waals surface area contributed by atoms with Gasteiger partial charge in [-0.25, -0.2) is 0 Å². The van der Waals surface area contributed by atoms with Crippen LogP contribution in [-0.2, 0) is 22.6 Å². The summed E-state index contributed by atoms with van der Waals surface area (Å²) in [5.41, 5.74) is 1.87. The zero-order valence-electron chi connectivity index (χ0n) is 17.9. The van der Waals surface area contributed by atoms with Gasteiger partial charge in [-0.15, -0.1) is 0 Å². The first-order valence-corrected chi connectivity index (χ1v) is 11.8. The maximum atomic E-state index is 13.2. The Kier molecular flexibility index (Phi) is 8.79. The van der Waals surface area contributed by atoms with E-state index in [2.05, 4.69) is 5.32 Å². The van der Waals surface area contributed by atoms with E-state index in [9.17, 15) is 9.59 Å². The number of carbonyl (C=O) groups is 2. The number of benzene rings is 2. The SMILES string of the molecule is C[C@H](C(=O)NC1CCCCC1)N(Cc1ccc(Cl)cc1Cl)C(=O)CCc1ccccc1. The van der Waals surface area contributed by atoms with Crippen LogP contribution < -0.4 is 5.32 Å². The Hall–Kier alpha value is -2.04. The Morgan fingerprint density at radius 1 is 1.06 bits per heavy atom. The maximum absolute atomic E-state index is 13.2. The lowest BCUT2D eigenvalue weighted by Gasteiger charge is -2.31. The Morgan fingerprint density at radius 3 is 2.45 bits per heavy atom. The highest BCUT2D eigenvalue weighted by Gasteiger charge is 2.28. The highest BCUT2D eigenvalue weighted by atomic mass is 35.5. The van der Waals surface area contributed by atoms with Gasteiger partial charge < -0.3 is 10.2 Å². The largest absolute Gasteiger partial charge is 0.352 e. The van der Waals surface area contributed by atoms with Crippen LogP contribution in [0.15, 0.2) is 48.5 Å². The minimum absolute atomic E-state index is 0.0684. The number of amides is 2. The maximum Gasteiger partial charge on any atom is 0.242 e. The molecule has 0 saturated heterocycles. The quantitative estimate of drug-likeness (QED) is 0.541. The van der Waals surface area contributed by atoms with Gasteiger partial charge in [-0.3, -0.25) is 9.59 Å². The van der Waals surface area contributed by atoms with Crippen molar-refractivity contribution in [3.63, 3.8) is 0 Å². The van der Waals surface area contributed by atoms with Crippen LogP contribution in [0.2, 0.25) is 10.0 Å². The van der Waals surface area contributed by atoms with Gasteiger partial charge >= 0.3 is 0 Å². The van der Waals surface area contributed by atoms with Crippen LogP contribution in [0.1, 0.15) is 56.6 Å². The van der Waals surface area contributed by atoms with E-state index in [-0.39, 0.29) is 24.4 Å². The van der Waals surface area contributed by atoms with Crippen molar-refractivity contribution in [1.29, 1.82) is 0 Å². The van der Waals surface area contributed by atoms with E-state index < -0.39 is 6.04 Å². The van der Waals surface area contributed by atoms with Crippen molar-refractivity contribution in [2.24, 2.45) is 0 Å². The van der Waals surface area contributed by atoms with Crippen molar-refractivity contribution in [3.05, 3.63) is 69.7 Å². The summed E-state index contributed by atoms with van der Waals surface area (Å²) >= 11 is 12.4. The van der Waals surface area contributed by atoms with E-state index >= 15 is 0 Å². The molecular formula is C25H30Cl2N2O2. The van der Waals surface area contributed by atoms with Crippen molar-refractivity contribution in [1.82, 2.24) is 10.2 Å². The molecule has 0 spiro atoms. The number of hydrogen-bond donors (Lipinski definition) is 1. The van der Waals surface area contributed by atoms with Gasteiger partial charge in [0, 0.05) is 29.1 Å². The average molecular weight is 461 g/mol. The summed E-state index contributed by atoms with van der Waals surface area (Å²) in [4.78, 5) is 27.9. The summed E-state index contributed by atoms with van der Waals surface area (Å²) in [6.45, 7) is 2.06. The second-order valence-corrected chi connectivity index (χ2v) is 9.11. The molecule has 166 valence electrons. The summed E-state index contributed by atoms with van der Waals surface area (Å²) in [5, 5.41) is 4.18. The summed E-state index contributed by atoms with van der Waals surface area (Å²) in [7, 11) is 0. The van der Waals surface area contributed by atoms with Gasteiger partial charge in [-0.05, 0) is 49.4 Å². The molecule has 0 radical (unpaired) electrons. The highest BCUT2D eigenvalue weighted by Crippen LogP contribution is 2.24. The van der Waals surface area contributed by atoms with E-state index in [1.54, 1.807) is 24.0 Å². The second kappa shape index (κ2) is 11.5. The minimum atomic E-state index is -0.586. The van der Waals surface area contributed by atoms with Crippen molar-refractivity contribution in [3.8, 4) is 0 Å². The van der Waals surface area contributed by atoms with E-state index in [1.165, 1.54) is 6.42 Å². The van der Waals surface area contributed by atoms with Crippen LogP contribution in [0.4, 0.5) is 0 Å². The summed E-state index contributed by atoms with van der Waals surface area (Å²) in [5.74, 6) is -0.175. The molecule has 1 saturated carbocycles. The summed E-state index contributed by atoms with van der Waals surface area (Å²) in [6.07, 6.45) is 6.46. The smallest absolute Gasteiger partial charge is 0.242 e. The molecule has 2 aromatic carbocycles. The van der Waals surface area contributed by atoms with Gasteiger partial charge in [0.2, 0.25) is 11.8 Å². The lowest BCUT2D eigenvalue weighted by molar-refractivity contribution is -0.141. The van der Waals surface area contributed by atoms with Crippen LogP contribution >= 0.6 is 23.2 Å². The Labute approximate surface area is 194 Å². The summed E-state index contributed by atoms with van der Waals surface area (Å²) in [6, 6.07) is 14.7. The van der Waals surface area contributed by atoms with Crippen LogP contribution in [0.25, 0.3) is 0 Å². The fraction of sp³-hybridized carbons (Fsp3) is 0.440. The molecule has 0 unspecified atom stereocenters. The van der Waals surface area contributed by atoms with Crippen molar-refractivity contribution in [2.45, 2.75) is 70.5 Å². The van der Waals surface area contributed by atoms with Crippen LogP contribution in [0, 0.1) is 0 Å². The molecule has 0 bridgehead atoms. The molecule has 0 aliphatic heterocycles. The van der Waals surface area contributed by atoms with Gasteiger partial charge in [0.25, 0.3) is 0 Å². The second-order valence-electron chi connectivity index (χ2n) is 8.26. The molecule has 4 nitrogen and oxygen atoms in total. The third kappa shape index (κ3) is 6.98. The van der Waals surface area contributed by atoms with Crippen LogP contribution in [-0.4, -0.2) is 28.8 Å². The third-order valence-corrected chi connectivity index (χ3v) is 6.53. The topological polar surface area (TPSA) is 49.4 Å². The number of carbonyl (C=O) groups excluding carboxylic acids is 2. The highest BCUT2D eigenvalue weighted by molar-refractivity contribution is 6.35. The van der Waals surface area contributed by atoms with E-state index in [0.29, 0.717) is 22.9 Å². The van der Waals surface area contributed by atoms with E-state index in [0.717, 1.165) is 36.8 Å². The predicted octanol–water partition coefficient (Wildman–Crippen LogP) is 5.79. The Morgan fingerprint density at radius 2 is 1.77 bits per heavy atom. The monoisotopic (exact) mass is 460 g/mol. The normalized spacial score (nSPS) is 15.3. The lowest BCUT2D eigenvalue weighted by Crippen LogP contribution is -2.50. The molecule has 1 N–H and O–H groups in total. The number of nitrogens with zero attached hydrogens (tertiary/aromatic N) is 1. The number of halogens is 2. The Bertz CT molecular complexity index is 882. The molecule has 1 atom stereocenters. The molecule has 2 amide bonds. The number of nitrogens with one attached hydrogen (secondary N) is 1. The number of aryl methyl sites for hydroxylation is 1. The molecule has 1 aliphatic carbocycles. The van der Waals surface area contributed by atoms with E-state index in [4.69, 9.17) is 23.2 Å². The van der Waals surface area contributed by atoms with Gasteiger partial charge in [0.15, 0.2) is 0 Å². The summed E-state index contributed by atoms with van der Waals surface area (Å²) < 4.78 is 0. The molecule has 31 heavy (non-hydrogen) atoms. The van der Waals surface area contributed by atoms with Gasteiger partial charge in [0.05, 0.1) is 0 Å². The Balaban J connectivity index is 1.73. The third-order valence-electron chi connectivity index (χ3n) is 5.95. The fourth-order valence-corrected chi connectivity index (χ4v) is 4.49. The number of rotatable bonds is 8. The molecular weight excluding hydrogens is 431 g/mol. The van der Waals surface area contributed by atoms with Crippen LogP contribution in [0.5, 0.6) is 0 Å². The van der Waals surface area contributed by atoms with Gasteiger partial charge in [-0.1, -0.05) is 78.9 Å². The zero-order valence-corrected chi connectivity index (χ0v) is 19.5. The molecule has 0 aromatic heterocycles. The first-order valence-electron chi connectivity index (χ1n) is 11.0. The molecule has 1 aliphatic rings. The predicted molar refractivity (Wildman–Crippen MR) is 126 cm³/mol. The van der Waals surface area contributed by atoms with E-state index in [1.807, 2.05) is 36.4 Å². The van der Waals surface area contributed by atoms with Crippen molar-refractivity contribution in [2.75, 3.05) is 0 Å². The zero-order chi connectivity index (χ0) is 22.2. The fourth-order valence-electron chi connectivity index (χ4n) is 4.02. The van der Waals surface area contributed by atoms with Gasteiger partial charge in [-0.2, -0.15) is 0 Å². The van der Waals surface area contributed by atoms with Gasteiger partial charge in [0.1, 0.15) is 6.04 Å². The van der Waals surface area contributed by atoms with Crippen LogP contribution in [0.3, 0.4) is 0 Å². The number of hydrogen-bond acceptors (Lipinski definition) is 2. The van der Waals surface area contributed by atoms with Crippen molar-refractivity contribution < 1.29 is 9.59 Å². The average Bonchev–Trinajstić information content (AvgIpc) is 2.78. The molecule has 2 aromatic rings. The first kappa shape index (κ1) is 23.6. The molecule has 1 fully saturated rings. The van der Waals surface area contributed by atoms with Crippen molar-refractivity contribution >= 4 is 35.0 Å².